The van der Waals surface area contributed by atoms with Crippen LogP contribution in [0.15, 0.2) is 235 Å². The summed E-state index contributed by atoms with van der Waals surface area (Å²) in [6, 6.07) is 61.6. The fourth-order valence-electron chi connectivity index (χ4n) is 10.7. The van der Waals surface area contributed by atoms with Crippen molar-refractivity contribution in [3.05, 3.63) is 194 Å². The lowest BCUT2D eigenvalue weighted by molar-refractivity contribution is -0.0376. The predicted molar refractivity (Wildman–Crippen MR) is 435 cm³/mol. The highest BCUT2D eigenvalue weighted by atomic mass is 28.4. The summed E-state index contributed by atoms with van der Waals surface area (Å²) in [6.07, 6.45) is 23.1. The molecule has 0 saturated heterocycles. The number of rotatable bonds is 60. The van der Waals surface area contributed by atoms with Crippen LogP contribution in [0.1, 0.15) is 182 Å². The van der Waals surface area contributed by atoms with E-state index >= 15 is 0 Å². The zero-order valence-corrected chi connectivity index (χ0v) is 65.9. The zero-order chi connectivity index (χ0) is 76.0. The van der Waals surface area contributed by atoms with Gasteiger partial charge in [0, 0.05) is 26.4 Å². The van der Waals surface area contributed by atoms with Crippen molar-refractivity contribution in [3.63, 3.8) is 0 Å². The topological polar surface area (TPSA) is 210 Å². The van der Waals surface area contributed by atoms with Crippen LogP contribution in [0.25, 0.3) is 0 Å². The molecule has 0 N–H and O–H groups in total. The average Bonchev–Trinajstić information content (AvgIpc) is 0.966. The number of ether oxygens (including phenoxy) is 8. The van der Waals surface area contributed by atoms with E-state index in [2.05, 4.69) is 68.6 Å². The molecule has 0 heterocycles. The van der Waals surface area contributed by atoms with E-state index in [9.17, 15) is 0 Å². The molecule has 21 heteroatoms. The van der Waals surface area contributed by atoms with E-state index in [1.807, 2.05) is 194 Å². The Balaban J connectivity index is 0.803. The molecule has 0 aliphatic carbocycles. The monoisotopic (exact) mass is 1500 g/mol. The first-order valence-corrected chi connectivity index (χ1v) is 41.5. The van der Waals surface area contributed by atoms with E-state index in [0.29, 0.717) is 79.3 Å². The second-order valence-corrected chi connectivity index (χ2v) is 28.7. The smallest absolute Gasteiger partial charge is 0.494 e. The molecule has 0 aromatic heterocycles. The minimum Gasteiger partial charge on any atom is -0.494 e. The number of benzene rings is 8. The zero-order valence-electron chi connectivity index (χ0n) is 64.9. The minimum atomic E-state index is -3.60. The van der Waals surface area contributed by atoms with Crippen LogP contribution in [0.2, 0.25) is 0 Å². The highest BCUT2D eigenvalue weighted by Crippen LogP contribution is 2.30. The van der Waals surface area contributed by atoms with Crippen molar-refractivity contribution in [2.75, 3.05) is 79.3 Å². The van der Waals surface area contributed by atoms with Crippen molar-refractivity contribution in [1.29, 1.82) is 0 Å². The lowest BCUT2D eigenvalue weighted by Gasteiger charge is -2.28. The summed E-state index contributed by atoms with van der Waals surface area (Å²) >= 11 is 0. The molecule has 0 bridgehead atoms. The van der Waals surface area contributed by atoms with Gasteiger partial charge < -0.3 is 55.6 Å². The summed E-state index contributed by atoms with van der Waals surface area (Å²) in [7, 11) is -3.60. The summed E-state index contributed by atoms with van der Waals surface area (Å²) in [5.74, 6) is 6.53. The summed E-state index contributed by atoms with van der Waals surface area (Å²) in [4.78, 5) is 0. The predicted octanol–water partition coefficient (Wildman–Crippen LogP) is 26.4. The number of hydrogen-bond acceptors (Lipinski definition) is 20. The molecular formula is C88H116N8O12Si. The van der Waals surface area contributed by atoms with E-state index in [0.717, 1.165) is 246 Å². The van der Waals surface area contributed by atoms with Crippen LogP contribution in [0, 0.1) is 0 Å². The minimum absolute atomic E-state index is 0.456. The standard InChI is InChI=1S/C88H116N8O12Si/c1-5-9-61-97-81-45-29-73(30-46-81)89-93-77-37-53-85(54-38-77)101-65-21-13-17-25-69-105-109(106-70-26-18-14-22-66-102-86-55-39-78(40-56-86)94-90-74-31-47-82(48-32-74)98-62-10-6-2,107-71-27-19-15-23-67-103-87-57-41-79(42-58-87)95-91-75-33-49-83(50-34-75)99-63-11-7-3)108-72-28-20-16-24-68-104-88-59-43-80(44-60-88)96-92-76-35-51-84(52-36-76)100-64-12-8-4/h29-60H,5-28,61-72H2,1-4H3. The first kappa shape index (κ1) is 85.2. The van der Waals surface area contributed by atoms with E-state index in [-0.39, 0.29) is 0 Å². The first-order valence-electron chi connectivity index (χ1n) is 39.9. The lowest BCUT2D eigenvalue weighted by Crippen LogP contribution is -2.50. The molecule has 8 aromatic rings. The van der Waals surface area contributed by atoms with Gasteiger partial charge >= 0.3 is 9.05 Å². The second kappa shape index (κ2) is 53.4. The van der Waals surface area contributed by atoms with Crippen molar-refractivity contribution >= 4 is 54.5 Å². The Kier molecular flexibility index (Phi) is 41.8. The van der Waals surface area contributed by atoms with Gasteiger partial charge in [0.15, 0.2) is 0 Å². The van der Waals surface area contributed by atoms with Gasteiger partial charge in [0.1, 0.15) is 46.0 Å². The van der Waals surface area contributed by atoms with Gasteiger partial charge in [-0.2, -0.15) is 40.9 Å². The number of azo groups is 4. The van der Waals surface area contributed by atoms with Crippen LogP contribution >= 0.6 is 0 Å². The molecule has 0 saturated carbocycles. The van der Waals surface area contributed by atoms with Gasteiger partial charge in [-0.1, -0.05) is 79.1 Å². The molecule has 0 fully saturated rings. The Morgan fingerprint density at radius 2 is 0.294 bits per heavy atom. The first-order chi connectivity index (χ1) is 53.8. The Labute approximate surface area is 648 Å². The Bertz CT molecular complexity index is 3270. The molecular weight excluding hydrogens is 1390 g/mol. The SMILES string of the molecule is CCCCOc1ccc(N=Nc2ccc(OCCCCCCO[Si](OCCCCCCOc3ccc(N=Nc4ccc(OCCCC)cc4)cc3)(OCCCCCCOc3ccc(N=Nc4ccc(OCCCC)cc4)cc3)OCCCCCCOc3ccc(N=Nc4ccc(OCCCC)cc4)cc3)cc2)cc1. The Morgan fingerprint density at radius 3 is 0.431 bits per heavy atom. The van der Waals surface area contributed by atoms with Gasteiger partial charge in [0.05, 0.1) is 98.4 Å². The molecule has 0 aliphatic heterocycles. The summed E-state index contributed by atoms with van der Waals surface area (Å²) < 4.78 is 74.8. The molecule has 8 rings (SSSR count). The van der Waals surface area contributed by atoms with E-state index in [4.69, 9.17) is 55.6 Å². The highest BCUT2D eigenvalue weighted by molar-refractivity contribution is 6.53. The third kappa shape index (κ3) is 36.6. The van der Waals surface area contributed by atoms with Crippen molar-refractivity contribution in [3.8, 4) is 46.0 Å². The van der Waals surface area contributed by atoms with Crippen LogP contribution in [0.5, 0.6) is 46.0 Å². The quantitative estimate of drug-likeness (QED) is 0.0198. The molecule has 20 nitrogen and oxygen atoms in total. The average molecular weight is 1510 g/mol. The Hall–Kier alpha value is -9.38. The summed E-state index contributed by atoms with van der Waals surface area (Å²) in [6.45, 7) is 15.7. The van der Waals surface area contributed by atoms with E-state index in [1.165, 1.54) is 0 Å². The van der Waals surface area contributed by atoms with Gasteiger partial charge in [-0.3, -0.25) is 0 Å². The van der Waals surface area contributed by atoms with E-state index < -0.39 is 9.05 Å². The molecule has 109 heavy (non-hydrogen) atoms. The van der Waals surface area contributed by atoms with Gasteiger partial charge in [-0.15, -0.1) is 0 Å². The van der Waals surface area contributed by atoms with Crippen molar-refractivity contribution < 1.29 is 55.6 Å². The molecule has 0 amide bonds. The molecule has 8 aromatic carbocycles. The van der Waals surface area contributed by atoms with Gasteiger partial charge in [-0.05, 0) is 297 Å². The molecule has 0 atom stereocenters. The van der Waals surface area contributed by atoms with Crippen LogP contribution in [0.3, 0.4) is 0 Å². The normalized spacial score (nSPS) is 12.1. The van der Waals surface area contributed by atoms with Gasteiger partial charge in [-0.25, -0.2) is 0 Å². The van der Waals surface area contributed by atoms with Crippen molar-refractivity contribution in [2.45, 2.75) is 182 Å². The molecule has 584 valence electrons. The van der Waals surface area contributed by atoms with Crippen molar-refractivity contribution in [1.82, 2.24) is 0 Å². The van der Waals surface area contributed by atoms with Crippen LogP contribution in [-0.4, -0.2) is 88.3 Å². The molecule has 0 aliphatic rings. The van der Waals surface area contributed by atoms with Crippen molar-refractivity contribution in [2.24, 2.45) is 40.9 Å². The fourth-order valence-corrected chi connectivity index (χ4v) is 12.8. The number of nitrogens with zero attached hydrogens (tertiary/aromatic N) is 8. The summed E-state index contributed by atoms with van der Waals surface area (Å²) in [5, 5.41) is 35.3. The molecule has 0 unspecified atom stereocenters. The van der Waals surface area contributed by atoms with Crippen LogP contribution < -0.4 is 37.9 Å². The highest BCUT2D eigenvalue weighted by Gasteiger charge is 2.45. The Morgan fingerprint density at radius 1 is 0.165 bits per heavy atom. The number of unbranched alkanes of at least 4 members (excludes halogenated alkanes) is 16. The third-order valence-corrected chi connectivity index (χ3v) is 19.5. The van der Waals surface area contributed by atoms with Gasteiger partial charge in [0.2, 0.25) is 0 Å². The second-order valence-electron chi connectivity index (χ2n) is 26.5. The van der Waals surface area contributed by atoms with Crippen LogP contribution in [0.4, 0.5) is 45.5 Å². The molecule has 0 spiro atoms. The summed E-state index contributed by atoms with van der Waals surface area (Å²) in [5.41, 5.74) is 6.06. The maximum Gasteiger partial charge on any atom is 0.679 e. The van der Waals surface area contributed by atoms with Gasteiger partial charge in [0.25, 0.3) is 0 Å². The largest absolute Gasteiger partial charge is 0.679 e. The third-order valence-electron chi connectivity index (χ3n) is 17.2. The number of hydrogen-bond donors (Lipinski definition) is 0. The van der Waals surface area contributed by atoms with Crippen LogP contribution in [-0.2, 0) is 17.7 Å². The molecule has 0 radical (unpaired) electrons. The maximum absolute atomic E-state index is 6.77. The maximum atomic E-state index is 6.77. The lowest BCUT2D eigenvalue weighted by atomic mass is 10.2. The fraction of sp³-hybridized carbons (Fsp3) is 0.455. The van der Waals surface area contributed by atoms with E-state index in [1.54, 1.807) is 0 Å².